The fourth-order valence-electron chi connectivity index (χ4n) is 5.67. The van der Waals surface area contributed by atoms with Crippen molar-refractivity contribution in [2.75, 3.05) is 12.3 Å². The number of amides is 1. The smallest absolute Gasteiger partial charge is 0.306 e. The maximum atomic E-state index is 13.2. The molecule has 4 rings (SSSR count). The fraction of sp³-hybridized carbons (Fsp3) is 0.625. The number of aliphatic carboxylic acids is 1. The Hall–Kier alpha value is -2.37. The third kappa shape index (κ3) is 3.96. The molecular weight excluding hydrogens is 378 g/mol. The molecule has 1 aromatic rings. The van der Waals surface area contributed by atoms with Crippen LogP contribution in [0.1, 0.15) is 75.3 Å². The number of carbonyl (C=O) groups excluding carboxylic acids is 1. The second kappa shape index (κ2) is 8.40. The lowest BCUT2D eigenvalue weighted by Gasteiger charge is -2.46. The number of carboxylic acids is 1. The van der Waals surface area contributed by atoms with Gasteiger partial charge in [-0.1, -0.05) is 25.5 Å². The van der Waals surface area contributed by atoms with Gasteiger partial charge in [-0.3, -0.25) is 9.59 Å². The number of hydrogen-bond acceptors (Lipinski definition) is 4. The van der Waals surface area contributed by atoms with Crippen LogP contribution in [0, 0.1) is 23.2 Å². The van der Waals surface area contributed by atoms with E-state index in [0.717, 1.165) is 56.1 Å². The van der Waals surface area contributed by atoms with E-state index < -0.39 is 5.97 Å². The van der Waals surface area contributed by atoms with Crippen LogP contribution in [0.15, 0.2) is 18.2 Å². The van der Waals surface area contributed by atoms with Crippen LogP contribution >= 0.6 is 0 Å². The standard InChI is InChI=1S/C24H33N3O3/c1-14(23(26)22-16(15-10-11-15)5-2-8-19(22)25)13-21(28)27-12-4-7-17-18(24(29)30)6-3-9-20(17)27/h2,5,8,14-15,17-18,20,26H,3-4,6-7,9-13,25H2,1H3,(H,29,30). The highest BCUT2D eigenvalue weighted by molar-refractivity contribution is 6.06. The van der Waals surface area contributed by atoms with Crippen LogP contribution in [0.2, 0.25) is 0 Å². The number of rotatable bonds is 6. The van der Waals surface area contributed by atoms with E-state index in [-0.39, 0.29) is 36.1 Å². The number of hydrogen-bond donors (Lipinski definition) is 3. The van der Waals surface area contributed by atoms with Gasteiger partial charge >= 0.3 is 5.97 Å². The summed E-state index contributed by atoms with van der Waals surface area (Å²) in [7, 11) is 0. The van der Waals surface area contributed by atoms with Crippen LogP contribution in [0.25, 0.3) is 0 Å². The predicted molar refractivity (Wildman–Crippen MR) is 117 cm³/mol. The molecule has 6 nitrogen and oxygen atoms in total. The first-order valence-electron chi connectivity index (χ1n) is 11.4. The second-order valence-electron chi connectivity index (χ2n) is 9.44. The minimum atomic E-state index is -0.721. The Balaban J connectivity index is 1.47. The molecule has 0 aromatic heterocycles. The third-order valence-corrected chi connectivity index (χ3v) is 7.39. The number of benzene rings is 1. The number of nitrogens with two attached hydrogens (primary N) is 1. The number of nitrogens with zero attached hydrogens (tertiary/aromatic N) is 1. The zero-order chi connectivity index (χ0) is 21.4. The summed E-state index contributed by atoms with van der Waals surface area (Å²) in [5, 5.41) is 18.4. The number of carbonyl (C=O) groups is 2. The first kappa shape index (κ1) is 20.9. The Kier molecular flexibility index (Phi) is 5.85. The van der Waals surface area contributed by atoms with Crippen LogP contribution in [0.3, 0.4) is 0 Å². The Morgan fingerprint density at radius 1 is 1.20 bits per heavy atom. The first-order valence-corrected chi connectivity index (χ1v) is 11.4. The summed E-state index contributed by atoms with van der Waals surface area (Å²) in [4.78, 5) is 26.9. The average Bonchev–Trinajstić information content (AvgIpc) is 3.57. The van der Waals surface area contributed by atoms with E-state index in [1.807, 2.05) is 24.0 Å². The molecule has 0 spiro atoms. The van der Waals surface area contributed by atoms with Crippen molar-refractivity contribution < 1.29 is 14.7 Å². The molecule has 1 saturated heterocycles. The Bertz CT molecular complexity index is 848. The minimum absolute atomic E-state index is 0.0336. The Morgan fingerprint density at radius 3 is 2.67 bits per heavy atom. The zero-order valence-corrected chi connectivity index (χ0v) is 17.8. The zero-order valence-electron chi connectivity index (χ0n) is 17.8. The van der Waals surface area contributed by atoms with E-state index in [1.165, 1.54) is 0 Å². The van der Waals surface area contributed by atoms with Gasteiger partial charge in [-0.25, -0.2) is 0 Å². The van der Waals surface area contributed by atoms with Gasteiger partial charge in [0, 0.05) is 41.9 Å². The number of likely N-dealkylation sites (tertiary alicyclic amines) is 1. The van der Waals surface area contributed by atoms with E-state index in [2.05, 4.69) is 6.07 Å². The van der Waals surface area contributed by atoms with Crippen molar-refractivity contribution in [3.63, 3.8) is 0 Å². The van der Waals surface area contributed by atoms with Crippen LogP contribution in [-0.2, 0) is 9.59 Å². The van der Waals surface area contributed by atoms with Gasteiger partial charge in [0.25, 0.3) is 0 Å². The molecule has 0 radical (unpaired) electrons. The molecule has 1 heterocycles. The number of anilines is 1. The predicted octanol–water partition coefficient (Wildman–Crippen LogP) is 4.03. The van der Waals surface area contributed by atoms with Crippen LogP contribution < -0.4 is 5.73 Å². The van der Waals surface area contributed by atoms with Crippen LogP contribution in [0.5, 0.6) is 0 Å². The van der Waals surface area contributed by atoms with Gasteiger partial charge in [-0.15, -0.1) is 0 Å². The Morgan fingerprint density at radius 2 is 1.97 bits per heavy atom. The minimum Gasteiger partial charge on any atom is -0.481 e. The second-order valence-corrected chi connectivity index (χ2v) is 9.44. The molecule has 1 aromatic carbocycles. The largest absolute Gasteiger partial charge is 0.481 e. The van der Waals surface area contributed by atoms with Crippen molar-refractivity contribution in [2.24, 2.45) is 17.8 Å². The van der Waals surface area contributed by atoms with Gasteiger partial charge in [0.1, 0.15) is 0 Å². The van der Waals surface area contributed by atoms with Gasteiger partial charge in [-0.05, 0) is 62.0 Å². The van der Waals surface area contributed by atoms with Gasteiger partial charge in [0.05, 0.1) is 5.92 Å². The monoisotopic (exact) mass is 411 g/mol. The van der Waals surface area contributed by atoms with Crippen molar-refractivity contribution in [3.8, 4) is 0 Å². The lowest BCUT2D eigenvalue weighted by Crippen LogP contribution is -2.53. The maximum Gasteiger partial charge on any atom is 0.306 e. The molecule has 1 amide bonds. The Labute approximate surface area is 178 Å². The third-order valence-electron chi connectivity index (χ3n) is 7.39. The number of nitrogens with one attached hydrogen (secondary N) is 1. The number of fused-ring (bicyclic) bond motifs is 1. The van der Waals surface area contributed by atoms with Crippen molar-refractivity contribution in [1.29, 1.82) is 5.41 Å². The van der Waals surface area contributed by atoms with Gasteiger partial charge in [0.2, 0.25) is 5.91 Å². The fourth-order valence-corrected chi connectivity index (χ4v) is 5.67. The summed E-state index contributed by atoms with van der Waals surface area (Å²) in [5.41, 5.74) is 9.28. The highest BCUT2D eigenvalue weighted by atomic mass is 16.4. The summed E-state index contributed by atoms with van der Waals surface area (Å²) >= 11 is 0. The molecule has 6 heteroatoms. The molecule has 0 bridgehead atoms. The lowest BCUT2D eigenvalue weighted by molar-refractivity contribution is -0.152. The van der Waals surface area contributed by atoms with Crippen LogP contribution in [-0.4, -0.2) is 40.2 Å². The van der Waals surface area contributed by atoms with E-state index in [9.17, 15) is 14.7 Å². The summed E-state index contributed by atoms with van der Waals surface area (Å²) < 4.78 is 0. The van der Waals surface area contributed by atoms with E-state index in [4.69, 9.17) is 11.1 Å². The van der Waals surface area contributed by atoms with E-state index in [1.54, 1.807) is 0 Å². The van der Waals surface area contributed by atoms with E-state index in [0.29, 0.717) is 23.9 Å². The summed E-state index contributed by atoms with van der Waals surface area (Å²) in [6, 6.07) is 5.89. The van der Waals surface area contributed by atoms with Crippen LogP contribution in [0.4, 0.5) is 5.69 Å². The number of carboxylic acid groups (broad SMARTS) is 1. The molecule has 4 unspecified atom stereocenters. The van der Waals surface area contributed by atoms with Crippen molar-refractivity contribution in [2.45, 2.75) is 70.3 Å². The van der Waals surface area contributed by atoms with Gasteiger partial charge in [-0.2, -0.15) is 0 Å². The molecule has 2 aliphatic carbocycles. The molecule has 3 aliphatic rings. The topological polar surface area (TPSA) is 107 Å². The quantitative estimate of drug-likeness (QED) is 0.485. The van der Waals surface area contributed by atoms with Gasteiger partial charge < -0.3 is 21.1 Å². The molecule has 162 valence electrons. The maximum absolute atomic E-state index is 13.2. The van der Waals surface area contributed by atoms with Crippen molar-refractivity contribution >= 4 is 23.3 Å². The van der Waals surface area contributed by atoms with E-state index >= 15 is 0 Å². The molecule has 2 saturated carbocycles. The number of piperidine rings is 1. The lowest BCUT2D eigenvalue weighted by atomic mass is 9.71. The summed E-state index contributed by atoms with van der Waals surface area (Å²) in [6.07, 6.45) is 6.77. The van der Waals surface area contributed by atoms with Gasteiger partial charge in [0.15, 0.2) is 0 Å². The average molecular weight is 412 g/mol. The molecule has 4 N–H and O–H groups in total. The molecule has 3 fully saturated rings. The molecule has 1 aliphatic heterocycles. The highest BCUT2D eigenvalue weighted by Crippen LogP contribution is 2.44. The molecule has 4 atom stereocenters. The normalized spacial score (nSPS) is 27.2. The summed E-state index contributed by atoms with van der Waals surface area (Å²) in [5.74, 6) is -0.671. The highest BCUT2D eigenvalue weighted by Gasteiger charge is 2.43. The van der Waals surface area contributed by atoms with Crippen molar-refractivity contribution in [3.05, 3.63) is 29.3 Å². The molecular formula is C24H33N3O3. The summed E-state index contributed by atoms with van der Waals surface area (Å²) in [6.45, 7) is 2.64. The SMILES string of the molecule is CC(CC(=O)N1CCCC2C(C(=O)O)CCCC21)C(=N)c1c(N)cccc1C1CC1. The number of nitrogen functional groups attached to an aromatic ring is 1. The molecule has 30 heavy (non-hydrogen) atoms. The first-order chi connectivity index (χ1) is 14.4. The van der Waals surface area contributed by atoms with Crippen molar-refractivity contribution in [1.82, 2.24) is 4.90 Å².